The van der Waals surface area contributed by atoms with Crippen LogP contribution in [0.25, 0.3) is 0 Å². The van der Waals surface area contributed by atoms with Crippen LogP contribution in [0.15, 0.2) is 36.5 Å². The predicted octanol–water partition coefficient (Wildman–Crippen LogP) is 18.6. The molecular weight excluding hydrogens is 1540 g/mol. The molecule has 4 saturated carbocycles. The maximum Gasteiger partial charge on any atom is 0.305 e. The standard InChI is InChI=1S/C25H45O6P.C25H43O6P.C23H38O5.C18H33O5P.3H2/c2*1-5-6-10-19(3)25(29-14-15-30-25)13-12-21-20(22(26)17-23(21)31-32)11-8-7-9-18(2)16-24(27)28-4;1-5-6-10-17(3)20(24)13-12-19-18(21(25)15-22(19)26)11-8-7-9-16(2)14-23(27)28-4;1-3-4-5-12(2)18(20-8-9-21-18)7-6-13-14-10-17(19)22-15(14)11-16(13)23-24;;;/h7-8,18-23,26H,5-6,9-17,32H2,1-4H3;7-8,18-21,23H,5-6,9-17,32H2,1-4H3;7-8,16-19,22,26H,5-6,9-15H2,1-4H3;12-17,19H,3-11,24H2,1-2H3;3*1H/b3*8-7-;;;;/t;18?,19?,20?,21-,23?;16?,17?,18?,19-,22?;12?,13-,14?,15?,16?,17?;;;/m.111.../s1/i;;;;3*1+2. The fourth-order valence-electron chi connectivity index (χ4n) is 19.3. The maximum absolute atomic E-state index is 12.8. The van der Waals surface area contributed by atoms with Crippen LogP contribution in [0, 0.1) is 88.8 Å². The van der Waals surface area contributed by atoms with E-state index in [9.17, 15) is 44.1 Å². The largest absolute Gasteiger partial charge is 0.469 e. The molecule has 0 aromatic heterocycles. The molecule has 4 aliphatic heterocycles. The third-order valence-electron chi connectivity index (χ3n) is 26.8. The van der Waals surface area contributed by atoms with Gasteiger partial charge in [-0.25, -0.2) is 0 Å². The number of carbonyl (C=O) groups excluding carboxylic acids is 6. The summed E-state index contributed by atoms with van der Waals surface area (Å²) in [4.78, 5) is 71.5. The van der Waals surface area contributed by atoms with Crippen molar-refractivity contribution in [3.05, 3.63) is 36.5 Å². The number of allylic oxidation sites excluding steroid dienone is 6. The van der Waals surface area contributed by atoms with Crippen LogP contribution < -0.4 is 0 Å². The number of rotatable bonds is 49. The van der Waals surface area contributed by atoms with Gasteiger partial charge in [0.15, 0.2) is 23.7 Å². The lowest BCUT2D eigenvalue weighted by atomic mass is 9.82. The van der Waals surface area contributed by atoms with Crippen molar-refractivity contribution < 1.29 is 109 Å². The lowest BCUT2D eigenvalue weighted by molar-refractivity contribution is -0.201. The van der Waals surface area contributed by atoms with Gasteiger partial charge in [0.1, 0.15) is 17.3 Å². The molecule has 0 aromatic rings. The van der Waals surface area contributed by atoms with Crippen molar-refractivity contribution in [1.29, 1.82) is 0 Å². The van der Waals surface area contributed by atoms with Crippen LogP contribution in [0.5, 0.6) is 0 Å². The molecule has 8 fully saturated rings. The first kappa shape index (κ1) is 104. The molecule has 116 heavy (non-hydrogen) atoms. The Hall–Kier alpha value is -2.59. The highest BCUT2D eigenvalue weighted by atomic mass is 31.0. The van der Waals surface area contributed by atoms with E-state index in [2.05, 4.69) is 106 Å². The Labute approximate surface area is 710 Å². The average molecular weight is 1710 g/mol. The van der Waals surface area contributed by atoms with Crippen LogP contribution in [0.2, 0.25) is 0 Å². The van der Waals surface area contributed by atoms with Crippen molar-refractivity contribution in [3.63, 3.8) is 0 Å². The first-order valence-electron chi connectivity index (χ1n) is 45.0. The molecule has 3 N–H and O–H groups in total. The number of Topliss-reactive ketones (excluding diaryl/α,β-unsaturated/α-hetero) is 3. The lowest BCUT2D eigenvalue weighted by Crippen LogP contribution is -2.39. The summed E-state index contributed by atoms with van der Waals surface area (Å²) in [5.74, 6) is 1.31. The summed E-state index contributed by atoms with van der Waals surface area (Å²) in [6, 6.07) is 0. The summed E-state index contributed by atoms with van der Waals surface area (Å²) >= 11 is 0. The number of hydrogen-bond acceptors (Lipinski definition) is 22. The highest BCUT2D eigenvalue weighted by Crippen LogP contribution is 2.50. The van der Waals surface area contributed by atoms with Gasteiger partial charge in [0.05, 0.1) is 97.6 Å². The van der Waals surface area contributed by atoms with E-state index in [1.54, 1.807) is 0 Å². The first-order valence-corrected chi connectivity index (χ1v) is 46.4. The van der Waals surface area contributed by atoms with Gasteiger partial charge in [-0.1, -0.05) is 164 Å². The second-order valence-electron chi connectivity index (χ2n) is 35.3. The Morgan fingerprint density at radius 1 is 0.457 bits per heavy atom. The highest BCUT2D eigenvalue weighted by molar-refractivity contribution is 7.10. The van der Waals surface area contributed by atoms with Crippen molar-refractivity contribution in [2.24, 2.45) is 88.8 Å². The minimum absolute atomic E-state index is 0. The molecule has 0 spiro atoms. The van der Waals surface area contributed by atoms with Gasteiger partial charge in [-0.05, 0) is 143 Å². The number of methoxy groups -OCH3 is 3. The third kappa shape index (κ3) is 33.1. The van der Waals surface area contributed by atoms with Gasteiger partial charge in [-0.15, -0.1) is 0 Å². The van der Waals surface area contributed by atoms with Crippen molar-refractivity contribution in [2.45, 2.75) is 355 Å². The number of carbonyl (C=O) groups is 6. The first-order chi connectivity index (χ1) is 55.6. The molecule has 0 amide bonds. The van der Waals surface area contributed by atoms with Gasteiger partial charge in [-0.3, -0.25) is 28.8 Å². The summed E-state index contributed by atoms with van der Waals surface area (Å²) in [6.07, 6.45) is 39.4. The molecule has 4 aliphatic carbocycles. The Kier molecular flexibility index (Phi) is 49.8. The predicted molar refractivity (Wildman–Crippen MR) is 467 cm³/mol. The second kappa shape index (κ2) is 55.6. The molecule has 4 saturated heterocycles. The minimum atomic E-state index is -0.636. The summed E-state index contributed by atoms with van der Waals surface area (Å²) in [5, 5.41) is 30.9. The number of hydrogen-bond donors (Lipinski definition) is 3. The molecule has 0 bridgehead atoms. The number of unbranched alkanes of at least 4 members (excludes halogenated alkanes) is 4. The van der Waals surface area contributed by atoms with Crippen molar-refractivity contribution >= 4 is 63.7 Å². The van der Waals surface area contributed by atoms with E-state index in [-0.39, 0.29) is 136 Å². The molecule has 8 aliphatic rings. The van der Waals surface area contributed by atoms with Crippen LogP contribution in [0.1, 0.15) is 299 Å². The zero-order valence-electron chi connectivity index (χ0n) is 73.8. The Balaban J connectivity index is 0.000000536. The SMILES string of the molecule is CCCCC(C)C(=O)CC[C@H]1C(O)CC(=O)C1C/C=C\CC(C)CC(=O)OC.CCCCC(C)C1(CCC2C(OP)CC(O)C2C/C=C\CC(C)CC(=O)OC)OCCO1.CCCCC(C)C1(CC[C@H]2C(OP)CC(=O)C2C/C=C\CC(C)CC(=O)OC)OCCO1.CCCCC(C)C1(CC[C@H]2C(OP)CC3OC(O)CC32)OCCO1.[3HH].[3HH].[3HH]. The third-order valence-corrected chi connectivity index (χ3v) is 27.8. The normalized spacial score (nSPS) is 29.6. The van der Waals surface area contributed by atoms with Crippen LogP contribution >= 0.6 is 28.4 Å². The number of aliphatic hydroxyl groups is 3. The second-order valence-corrected chi connectivity index (χ2v) is 36.2. The highest BCUT2D eigenvalue weighted by Gasteiger charge is 2.53. The number of fused-ring (bicyclic) bond motifs is 1. The molecule has 22 nitrogen and oxygen atoms in total. The van der Waals surface area contributed by atoms with Crippen molar-refractivity contribution in [1.82, 2.24) is 0 Å². The van der Waals surface area contributed by atoms with E-state index in [1.807, 2.05) is 39.8 Å². The smallest absolute Gasteiger partial charge is 0.305 e. The summed E-state index contributed by atoms with van der Waals surface area (Å²) in [5.41, 5.74) is 0. The monoisotopic (exact) mass is 1710 g/mol. The van der Waals surface area contributed by atoms with Crippen LogP contribution in [0.3, 0.4) is 0 Å². The van der Waals surface area contributed by atoms with E-state index < -0.39 is 29.8 Å². The van der Waals surface area contributed by atoms with Crippen LogP contribution in [-0.2, 0) is 89.7 Å². The molecule has 4 heterocycles. The van der Waals surface area contributed by atoms with Crippen LogP contribution in [-0.4, -0.2) is 172 Å². The molecule has 25 atom stereocenters. The fourth-order valence-corrected chi connectivity index (χ4v) is 20.2. The number of aliphatic hydroxyl groups excluding tert-OH is 3. The summed E-state index contributed by atoms with van der Waals surface area (Å²) in [6.45, 7) is 27.5. The van der Waals surface area contributed by atoms with Gasteiger partial charge in [0.25, 0.3) is 0 Å². The Morgan fingerprint density at radius 3 is 1.25 bits per heavy atom. The molecule has 8 rings (SSSR count). The topological polar surface area (TPSA) is 283 Å². The fraction of sp³-hybridized carbons (Fsp3) is 0.868. The lowest BCUT2D eigenvalue weighted by Gasteiger charge is -2.36. The van der Waals surface area contributed by atoms with Gasteiger partial charge < -0.3 is 76.3 Å². The van der Waals surface area contributed by atoms with E-state index in [0.29, 0.717) is 127 Å². The van der Waals surface area contributed by atoms with Gasteiger partial charge in [-0.2, -0.15) is 0 Å². The zero-order chi connectivity index (χ0) is 85.4. The quantitative estimate of drug-likeness (QED) is 0.0221. The maximum atomic E-state index is 12.8. The molecule has 676 valence electrons. The van der Waals surface area contributed by atoms with Gasteiger partial charge >= 0.3 is 17.9 Å². The molecule has 0 radical (unpaired) electrons. The average Bonchev–Trinajstić information content (AvgIpc) is 1.61. The molecule has 0 aromatic carbocycles. The van der Waals surface area contributed by atoms with Gasteiger partial charge in [0, 0.05) is 145 Å². The van der Waals surface area contributed by atoms with Crippen molar-refractivity contribution in [2.75, 3.05) is 61.0 Å². The van der Waals surface area contributed by atoms with Gasteiger partial charge in [0.2, 0.25) is 0 Å². The number of ether oxygens (including phenoxy) is 10. The Bertz CT molecular complexity index is 2900. The molecule has 25 heteroatoms. The minimum Gasteiger partial charge on any atom is -0.469 e. The number of ketones is 3. The Morgan fingerprint density at radius 2 is 0.836 bits per heavy atom. The zero-order valence-corrected chi connectivity index (χ0v) is 77.2. The van der Waals surface area contributed by atoms with Crippen molar-refractivity contribution in [3.8, 4) is 0 Å². The summed E-state index contributed by atoms with van der Waals surface area (Å²) < 4.78 is 73.6. The number of esters is 3. The van der Waals surface area contributed by atoms with Crippen LogP contribution in [0.4, 0.5) is 0 Å². The summed E-state index contributed by atoms with van der Waals surface area (Å²) in [7, 11) is 11.4. The molecule has 22 unspecified atom stereocenters. The van der Waals surface area contributed by atoms with E-state index in [0.717, 1.165) is 128 Å². The van der Waals surface area contributed by atoms with E-state index in [4.69, 9.17) is 56.2 Å². The van der Waals surface area contributed by atoms with E-state index in [1.165, 1.54) is 47.0 Å². The molecular formula is C91H165O22P3. The van der Waals surface area contributed by atoms with E-state index >= 15 is 0 Å².